The lowest BCUT2D eigenvalue weighted by atomic mass is 9.89. The summed E-state index contributed by atoms with van der Waals surface area (Å²) in [6.45, 7) is 5.79. The van der Waals surface area contributed by atoms with Crippen molar-refractivity contribution in [2.45, 2.75) is 32.2 Å². The van der Waals surface area contributed by atoms with Gasteiger partial charge in [-0.25, -0.2) is 0 Å². The van der Waals surface area contributed by atoms with E-state index in [2.05, 4.69) is 17.2 Å². The first-order valence-electron chi connectivity index (χ1n) is 6.44. The number of rotatable bonds is 2. The summed E-state index contributed by atoms with van der Waals surface area (Å²) >= 11 is 0. The zero-order valence-electron chi connectivity index (χ0n) is 11.4. The van der Waals surface area contributed by atoms with Crippen LogP contribution >= 0.6 is 0 Å². The zero-order chi connectivity index (χ0) is 13.2. The van der Waals surface area contributed by atoms with Gasteiger partial charge in [-0.2, -0.15) is 0 Å². The fourth-order valence-electron chi connectivity index (χ4n) is 2.31. The smallest absolute Gasteiger partial charge is 0.255 e. The van der Waals surface area contributed by atoms with Crippen LogP contribution in [0.2, 0.25) is 0 Å². The van der Waals surface area contributed by atoms with E-state index in [4.69, 9.17) is 0 Å². The highest BCUT2D eigenvalue weighted by Crippen LogP contribution is 2.22. The molecule has 0 aromatic carbocycles. The predicted molar refractivity (Wildman–Crippen MR) is 71.6 cm³/mol. The number of aromatic nitrogens is 1. The number of amides is 1. The van der Waals surface area contributed by atoms with E-state index >= 15 is 0 Å². The topological polar surface area (TPSA) is 45.2 Å². The molecule has 1 aromatic rings. The molecule has 4 nitrogen and oxygen atoms in total. The van der Waals surface area contributed by atoms with E-state index in [0.717, 1.165) is 31.5 Å². The third-order valence-corrected chi connectivity index (χ3v) is 3.88. The number of nitrogens with one attached hydrogen (secondary N) is 1. The Hall–Kier alpha value is -1.42. The summed E-state index contributed by atoms with van der Waals surface area (Å²) in [6, 6.07) is 1.90. The molecule has 0 bridgehead atoms. The van der Waals surface area contributed by atoms with Gasteiger partial charge in [-0.3, -0.25) is 9.78 Å². The lowest BCUT2D eigenvalue weighted by Gasteiger charge is -2.39. The summed E-state index contributed by atoms with van der Waals surface area (Å²) in [4.78, 5) is 18.3. The SMILES string of the molecule is CNC1(C)CCN(C(=O)c2cncc(C)c2)CC1. The molecular formula is C14H21N3O. The Morgan fingerprint density at radius 2 is 2.06 bits per heavy atom. The molecule has 1 aliphatic rings. The highest BCUT2D eigenvalue weighted by atomic mass is 16.2. The van der Waals surface area contributed by atoms with Crippen molar-refractivity contribution in [3.05, 3.63) is 29.6 Å². The molecular weight excluding hydrogens is 226 g/mol. The van der Waals surface area contributed by atoms with E-state index in [1.165, 1.54) is 0 Å². The number of pyridine rings is 1. The highest BCUT2D eigenvalue weighted by molar-refractivity contribution is 5.94. The summed E-state index contributed by atoms with van der Waals surface area (Å²) in [5.74, 6) is 0.101. The molecule has 0 saturated carbocycles. The standard InChI is InChI=1S/C14H21N3O/c1-11-8-12(10-16-9-11)13(18)17-6-4-14(2,15-3)5-7-17/h8-10,15H,4-7H2,1-3H3. The Labute approximate surface area is 108 Å². The van der Waals surface area contributed by atoms with E-state index in [0.29, 0.717) is 5.56 Å². The van der Waals surface area contributed by atoms with Gasteiger partial charge in [-0.05, 0) is 45.4 Å². The number of likely N-dealkylation sites (tertiary alicyclic amines) is 1. The maximum Gasteiger partial charge on any atom is 0.255 e. The Kier molecular flexibility index (Phi) is 3.66. The van der Waals surface area contributed by atoms with Crippen molar-refractivity contribution < 1.29 is 4.79 Å². The number of nitrogens with zero attached hydrogens (tertiary/aromatic N) is 2. The summed E-state index contributed by atoms with van der Waals surface area (Å²) in [5.41, 5.74) is 1.89. The second kappa shape index (κ2) is 5.06. The van der Waals surface area contributed by atoms with Gasteiger partial charge in [-0.1, -0.05) is 0 Å². The molecule has 0 spiro atoms. The van der Waals surface area contributed by atoms with Crippen molar-refractivity contribution in [2.24, 2.45) is 0 Å². The van der Waals surface area contributed by atoms with E-state index in [1.807, 2.05) is 24.9 Å². The van der Waals surface area contributed by atoms with Crippen molar-refractivity contribution in [3.63, 3.8) is 0 Å². The van der Waals surface area contributed by atoms with Crippen LogP contribution in [0.25, 0.3) is 0 Å². The van der Waals surface area contributed by atoms with Crippen molar-refractivity contribution >= 4 is 5.91 Å². The quantitative estimate of drug-likeness (QED) is 0.863. The second-order valence-corrected chi connectivity index (χ2v) is 5.35. The Morgan fingerprint density at radius 1 is 1.39 bits per heavy atom. The number of hydrogen-bond donors (Lipinski definition) is 1. The van der Waals surface area contributed by atoms with Gasteiger partial charge in [0.2, 0.25) is 0 Å². The molecule has 1 aromatic heterocycles. The monoisotopic (exact) mass is 247 g/mol. The minimum absolute atomic E-state index is 0.101. The van der Waals surface area contributed by atoms with E-state index in [1.54, 1.807) is 12.4 Å². The molecule has 0 aliphatic carbocycles. The first-order valence-corrected chi connectivity index (χ1v) is 6.44. The second-order valence-electron chi connectivity index (χ2n) is 5.35. The van der Waals surface area contributed by atoms with Crippen molar-refractivity contribution in [2.75, 3.05) is 20.1 Å². The van der Waals surface area contributed by atoms with Crippen LogP contribution in [0.3, 0.4) is 0 Å². The van der Waals surface area contributed by atoms with Crippen LogP contribution in [0.15, 0.2) is 18.5 Å². The lowest BCUT2D eigenvalue weighted by molar-refractivity contribution is 0.0661. The third kappa shape index (κ3) is 2.70. The van der Waals surface area contributed by atoms with Gasteiger partial charge in [0.15, 0.2) is 0 Å². The Balaban J connectivity index is 2.04. The molecule has 18 heavy (non-hydrogen) atoms. The molecule has 1 aliphatic heterocycles. The molecule has 0 unspecified atom stereocenters. The van der Waals surface area contributed by atoms with Crippen LogP contribution in [0.4, 0.5) is 0 Å². The van der Waals surface area contributed by atoms with Gasteiger partial charge in [0.25, 0.3) is 5.91 Å². The molecule has 1 amide bonds. The normalized spacial score (nSPS) is 18.7. The Morgan fingerprint density at radius 3 is 2.61 bits per heavy atom. The highest BCUT2D eigenvalue weighted by Gasteiger charge is 2.30. The largest absolute Gasteiger partial charge is 0.338 e. The predicted octanol–water partition coefficient (Wildman–Crippen LogP) is 1.60. The van der Waals surface area contributed by atoms with Crippen LogP contribution in [0, 0.1) is 6.92 Å². The van der Waals surface area contributed by atoms with E-state index in [9.17, 15) is 4.79 Å². The summed E-state index contributed by atoms with van der Waals surface area (Å²) < 4.78 is 0. The fourth-order valence-corrected chi connectivity index (χ4v) is 2.31. The zero-order valence-corrected chi connectivity index (χ0v) is 11.4. The number of hydrogen-bond acceptors (Lipinski definition) is 3. The number of piperidine rings is 1. The summed E-state index contributed by atoms with van der Waals surface area (Å²) in [6.07, 6.45) is 5.41. The maximum absolute atomic E-state index is 12.3. The van der Waals surface area contributed by atoms with Crippen molar-refractivity contribution in [1.82, 2.24) is 15.2 Å². The van der Waals surface area contributed by atoms with Crippen molar-refractivity contribution in [1.29, 1.82) is 0 Å². The number of carbonyl (C=O) groups is 1. The number of carbonyl (C=O) groups excluding carboxylic acids is 1. The van der Waals surface area contributed by atoms with Gasteiger partial charge in [-0.15, -0.1) is 0 Å². The van der Waals surface area contributed by atoms with Crippen molar-refractivity contribution in [3.8, 4) is 0 Å². The maximum atomic E-state index is 12.3. The minimum Gasteiger partial charge on any atom is -0.338 e. The van der Waals surface area contributed by atoms with E-state index < -0.39 is 0 Å². The molecule has 1 saturated heterocycles. The van der Waals surface area contributed by atoms with Gasteiger partial charge in [0, 0.05) is 31.0 Å². The average molecular weight is 247 g/mol. The molecule has 98 valence electrons. The summed E-state index contributed by atoms with van der Waals surface area (Å²) in [7, 11) is 1.99. The van der Waals surface area contributed by atoms with Crippen LogP contribution in [-0.2, 0) is 0 Å². The average Bonchev–Trinajstić information content (AvgIpc) is 2.39. The van der Waals surface area contributed by atoms with Gasteiger partial charge >= 0.3 is 0 Å². The molecule has 2 rings (SSSR count). The first kappa shape index (κ1) is 13.0. The molecule has 0 radical (unpaired) electrons. The van der Waals surface area contributed by atoms with Crippen LogP contribution in [0.5, 0.6) is 0 Å². The molecule has 1 N–H and O–H groups in total. The van der Waals surface area contributed by atoms with E-state index in [-0.39, 0.29) is 11.4 Å². The minimum atomic E-state index is 0.101. The van der Waals surface area contributed by atoms with Gasteiger partial charge in [0.1, 0.15) is 0 Å². The van der Waals surface area contributed by atoms with Crippen LogP contribution < -0.4 is 5.32 Å². The first-order chi connectivity index (χ1) is 8.54. The molecule has 2 heterocycles. The molecule has 0 atom stereocenters. The molecule has 4 heteroatoms. The number of aryl methyl sites for hydroxylation is 1. The van der Waals surface area contributed by atoms with Gasteiger partial charge < -0.3 is 10.2 Å². The van der Waals surface area contributed by atoms with Gasteiger partial charge in [0.05, 0.1) is 5.56 Å². The van der Waals surface area contributed by atoms with Crippen LogP contribution in [-0.4, -0.2) is 41.5 Å². The summed E-state index contributed by atoms with van der Waals surface area (Å²) in [5, 5.41) is 3.34. The fraction of sp³-hybridized carbons (Fsp3) is 0.571. The third-order valence-electron chi connectivity index (χ3n) is 3.88. The molecule has 1 fully saturated rings. The van der Waals surface area contributed by atoms with Crippen LogP contribution in [0.1, 0.15) is 35.7 Å². The Bertz CT molecular complexity index is 436. The lowest BCUT2D eigenvalue weighted by Crippen LogP contribution is -2.51.